The Morgan fingerprint density at radius 1 is 1.39 bits per heavy atom. The lowest BCUT2D eigenvalue weighted by molar-refractivity contribution is -0.194. The van der Waals surface area contributed by atoms with Crippen molar-refractivity contribution in [1.82, 2.24) is 25.2 Å². The number of rotatable bonds is 3. The fourth-order valence-corrected chi connectivity index (χ4v) is 3.97. The van der Waals surface area contributed by atoms with Crippen LogP contribution in [-0.2, 0) is 16.0 Å². The first-order valence-electron chi connectivity index (χ1n) is 8.88. The zero-order valence-electron chi connectivity index (χ0n) is 13.9. The molecule has 23 heavy (non-hydrogen) atoms. The van der Waals surface area contributed by atoms with E-state index in [-0.39, 0.29) is 11.9 Å². The predicted octanol–water partition coefficient (Wildman–Crippen LogP) is 0.930. The maximum atomic E-state index is 6.01. The van der Waals surface area contributed by atoms with Crippen LogP contribution in [0.25, 0.3) is 0 Å². The van der Waals surface area contributed by atoms with Crippen molar-refractivity contribution in [2.45, 2.75) is 57.1 Å². The molecule has 3 fully saturated rings. The molecule has 4 rings (SSSR count). The molecule has 0 bridgehead atoms. The Morgan fingerprint density at radius 3 is 2.96 bits per heavy atom. The van der Waals surface area contributed by atoms with E-state index in [0.29, 0.717) is 6.04 Å². The van der Waals surface area contributed by atoms with Crippen molar-refractivity contribution < 1.29 is 9.47 Å². The minimum atomic E-state index is -0.318. The van der Waals surface area contributed by atoms with E-state index in [1.807, 2.05) is 6.20 Å². The summed E-state index contributed by atoms with van der Waals surface area (Å²) in [5.74, 6) is -0.318. The topological polar surface area (TPSA) is 64.4 Å². The van der Waals surface area contributed by atoms with Crippen LogP contribution in [0, 0.1) is 0 Å². The number of hydrogen-bond donors (Lipinski definition) is 1. The Kier molecular flexibility index (Phi) is 4.36. The smallest absolute Gasteiger partial charge is 0.171 e. The van der Waals surface area contributed by atoms with Gasteiger partial charge in [0.1, 0.15) is 0 Å². The van der Waals surface area contributed by atoms with E-state index in [0.717, 1.165) is 52.2 Å². The molecular weight excluding hydrogens is 294 g/mol. The van der Waals surface area contributed by atoms with Gasteiger partial charge < -0.3 is 14.8 Å². The molecule has 1 aromatic rings. The van der Waals surface area contributed by atoms with Gasteiger partial charge in [0.05, 0.1) is 30.6 Å². The van der Waals surface area contributed by atoms with Gasteiger partial charge in [-0.1, -0.05) is 5.21 Å². The molecule has 128 valence electrons. The summed E-state index contributed by atoms with van der Waals surface area (Å²) < 4.78 is 14.0. The summed E-state index contributed by atoms with van der Waals surface area (Å²) in [7, 11) is 0. The lowest BCUT2D eigenvalue weighted by atomic mass is 10.0. The molecule has 3 aliphatic rings. The van der Waals surface area contributed by atoms with Crippen LogP contribution in [0.15, 0.2) is 6.20 Å². The number of hydrogen-bond acceptors (Lipinski definition) is 6. The summed E-state index contributed by atoms with van der Waals surface area (Å²) in [6, 6.07) is 0.444. The second-order valence-corrected chi connectivity index (χ2v) is 7.10. The van der Waals surface area contributed by atoms with Gasteiger partial charge in [-0.15, -0.1) is 5.10 Å². The molecule has 3 saturated heterocycles. The normalized spacial score (nSPS) is 31.7. The van der Waals surface area contributed by atoms with Gasteiger partial charge in [0.15, 0.2) is 5.79 Å². The highest BCUT2D eigenvalue weighted by Crippen LogP contribution is 2.34. The summed E-state index contributed by atoms with van der Waals surface area (Å²) >= 11 is 0. The average Bonchev–Trinajstić information content (AvgIpc) is 3.18. The van der Waals surface area contributed by atoms with Crippen LogP contribution in [0.3, 0.4) is 0 Å². The van der Waals surface area contributed by atoms with E-state index in [1.165, 1.54) is 18.5 Å². The summed E-state index contributed by atoms with van der Waals surface area (Å²) in [6.45, 7) is 7.85. The fourth-order valence-electron chi connectivity index (χ4n) is 3.97. The zero-order chi connectivity index (χ0) is 15.7. The molecule has 0 radical (unpaired) electrons. The lowest BCUT2D eigenvalue weighted by Crippen LogP contribution is -2.45. The highest BCUT2D eigenvalue weighted by Gasteiger charge is 2.42. The number of piperidine rings is 2. The number of nitrogens with zero attached hydrogens (tertiary/aromatic N) is 4. The van der Waals surface area contributed by atoms with E-state index in [9.17, 15) is 0 Å². The molecule has 1 N–H and O–H groups in total. The first kappa shape index (κ1) is 15.5. The lowest BCUT2D eigenvalue weighted by Gasteiger charge is -2.38. The summed E-state index contributed by atoms with van der Waals surface area (Å²) in [6.07, 6.45) is 6.44. The Morgan fingerprint density at radius 2 is 2.26 bits per heavy atom. The van der Waals surface area contributed by atoms with Crippen molar-refractivity contribution in [1.29, 1.82) is 0 Å². The van der Waals surface area contributed by atoms with Crippen molar-refractivity contribution in [3.05, 3.63) is 11.9 Å². The van der Waals surface area contributed by atoms with Crippen LogP contribution in [0.5, 0.6) is 0 Å². The number of ether oxygens (including phenoxy) is 2. The van der Waals surface area contributed by atoms with E-state index in [4.69, 9.17) is 9.47 Å². The quantitative estimate of drug-likeness (QED) is 0.893. The fraction of sp³-hybridized carbons (Fsp3) is 0.875. The minimum absolute atomic E-state index is 0.228. The second-order valence-electron chi connectivity index (χ2n) is 7.10. The van der Waals surface area contributed by atoms with Gasteiger partial charge in [-0.25, -0.2) is 4.68 Å². The van der Waals surface area contributed by atoms with Gasteiger partial charge in [-0.3, -0.25) is 4.90 Å². The third-order valence-corrected chi connectivity index (χ3v) is 5.27. The van der Waals surface area contributed by atoms with Crippen molar-refractivity contribution in [3.63, 3.8) is 0 Å². The maximum Gasteiger partial charge on any atom is 0.171 e. The first-order chi connectivity index (χ1) is 11.2. The number of aromatic nitrogens is 3. The first-order valence-corrected chi connectivity index (χ1v) is 8.88. The van der Waals surface area contributed by atoms with Gasteiger partial charge in [0.2, 0.25) is 0 Å². The molecule has 7 heteroatoms. The Hall–Kier alpha value is -1.02. The van der Waals surface area contributed by atoms with Gasteiger partial charge in [0, 0.05) is 39.0 Å². The van der Waals surface area contributed by atoms with Crippen LogP contribution in [0.1, 0.15) is 44.3 Å². The third kappa shape index (κ3) is 3.28. The minimum Gasteiger partial charge on any atom is -0.347 e. The monoisotopic (exact) mass is 321 g/mol. The van der Waals surface area contributed by atoms with E-state index in [2.05, 4.69) is 32.1 Å². The Bertz CT molecular complexity index is 520. The van der Waals surface area contributed by atoms with Gasteiger partial charge in [-0.2, -0.15) is 0 Å². The van der Waals surface area contributed by atoms with Crippen LogP contribution < -0.4 is 5.32 Å². The molecule has 0 saturated carbocycles. The molecule has 4 heterocycles. The summed E-state index contributed by atoms with van der Waals surface area (Å²) in [5, 5.41) is 11.9. The molecule has 1 aromatic heterocycles. The Balaban J connectivity index is 1.36. The zero-order valence-corrected chi connectivity index (χ0v) is 13.9. The molecule has 0 aliphatic carbocycles. The second kappa shape index (κ2) is 6.47. The Labute approximate surface area is 137 Å². The molecular formula is C16H27N5O2. The van der Waals surface area contributed by atoms with Crippen LogP contribution in [0.4, 0.5) is 0 Å². The third-order valence-electron chi connectivity index (χ3n) is 5.27. The largest absolute Gasteiger partial charge is 0.347 e. The van der Waals surface area contributed by atoms with Gasteiger partial charge in [0.25, 0.3) is 0 Å². The highest BCUT2D eigenvalue weighted by atomic mass is 16.7. The van der Waals surface area contributed by atoms with E-state index in [1.54, 1.807) is 0 Å². The standard InChI is InChI=1S/C16H27N5O2/c1-13-12-22-16(23-13)4-7-20(8-5-16)11-15-10-18-19-21(15)14-3-2-6-17-9-14/h10,13-14,17H,2-9,11-12H2,1H3. The molecule has 2 atom stereocenters. The molecule has 0 amide bonds. The summed E-state index contributed by atoms with van der Waals surface area (Å²) in [4.78, 5) is 2.46. The highest BCUT2D eigenvalue weighted by molar-refractivity contribution is 4.98. The SMILES string of the molecule is CC1COC2(CCN(Cc3cnnn3C3CCCNC3)CC2)O1. The van der Waals surface area contributed by atoms with Gasteiger partial charge in [-0.05, 0) is 26.3 Å². The van der Waals surface area contributed by atoms with Gasteiger partial charge >= 0.3 is 0 Å². The van der Waals surface area contributed by atoms with Crippen LogP contribution in [0.2, 0.25) is 0 Å². The van der Waals surface area contributed by atoms with Crippen LogP contribution >= 0.6 is 0 Å². The maximum absolute atomic E-state index is 6.01. The predicted molar refractivity (Wildman–Crippen MR) is 84.9 cm³/mol. The van der Waals surface area contributed by atoms with E-state index >= 15 is 0 Å². The van der Waals surface area contributed by atoms with Crippen molar-refractivity contribution in [2.75, 3.05) is 32.8 Å². The molecule has 2 unspecified atom stereocenters. The van der Waals surface area contributed by atoms with Crippen molar-refractivity contribution in [3.8, 4) is 0 Å². The number of likely N-dealkylation sites (tertiary alicyclic amines) is 1. The molecule has 1 spiro atoms. The summed E-state index contributed by atoms with van der Waals surface area (Å²) in [5.41, 5.74) is 1.22. The average molecular weight is 321 g/mol. The number of nitrogens with one attached hydrogen (secondary N) is 1. The molecule has 7 nitrogen and oxygen atoms in total. The van der Waals surface area contributed by atoms with Crippen molar-refractivity contribution in [2.24, 2.45) is 0 Å². The molecule has 0 aromatic carbocycles. The van der Waals surface area contributed by atoms with E-state index < -0.39 is 0 Å². The van der Waals surface area contributed by atoms with Crippen molar-refractivity contribution >= 4 is 0 Å². The van der Waals surface area contributed by atoms with Crippen LogP contribution in [-0.4, -0.2) is 64.6 Å². The molecule has 3 aliphatic heterocycles.